The van der Waals surface area contributed by atoms with Gasteiger partial charge < -0.3 is 5.32 Å². The summed E-state index contributed by atoms with van der Waals surface area (Å²) < 4.78 is 37.8. The first kappa shape index (κ1) is 14.3. The molecule has 1 rings (SSSR count). The fraction of sp³-hybridized carbons (Fsp3) is 0.333. The quantitative estimate of drug-likeness (QED) is 0.876. The molecule has 0 aliphatic carbocycles. The van der Waals surface area contributed by atoms with Crippen molar-refractivity contribution in [2.75, 3.05) is 6.54 Å². The molecule has 0 aliphatic heterocycles. The second kappa shape index (κ2) is 5.69. The molecule has 17 heavy (non-hydrogen) atoms. The van der Waals surface area contributed by atoms with Gasteiger partial charge in [0.2, 0.25) is 0 Å². The molecular formula is C12H13BrF3N. The Balaban J connectivity index is 2.70. The Morgan fingerprint density at radius 2 is 1.88 bits per heavy atom. The molecule has 0 amide bonds. The van der Waals surface area contributed by atoms with Crippen LogP contribution in [-0.2, 0) is 6.18 Å². The lowest BCUT2D eigenvalue weighted by atomic mass is 10.1. The van der Waals surface area contributed by atoms with Gasteiger partial charge in [-0.15, -0.1) is 0 Å². The van der Waals surface area contributed by atoms with Crippen LogP contribution < -0.4 is 5.32 Å². The first-order valence-electron chi connectivity index (χ1n) is 5.04. The predicted octanol–water partition coefficient (Wildman–Crippen LogP) is 4.26. The summed E-state index contributed by atoms with van der Waals surface area (Å²) in [5, 5.41) is 3.13. The second-order valence-electron chi connectivity index (χ2n) is 3.74. The number of halogens is 4. The van der Waals surface area contributed by atoms with E-state index in [0.29, 0.717) is 6.54 Å². The van der Waals surface area contributed by atoms with Gasteiger partial charge in [-0.25, -0.2) is 0 Å². The van der Waals surface area contributed by atoms with Gasteiger partial charge in [-0.05, 0) is 24.6 Å². The zero-order valence-corrected chi connectivity index (χ0v) is 10.9. The van der Waals surface area contributed by atoms with E-state index in [2.05, 4.69) is 27.8 Å². The fourth-order valence-electron chi connectivity index (χ4n) is 1.34. The van der Waals surface area contributed by atoms with Crippen LogP contribution in [0.25, 0.3) is 0 Å². The summed E-state index contributed by atoms with van der Waals surface area (Å²) in [5.41, 5.74) is 0.185. The molecule has 0 saturated carbocycles. The second-order valence-corrected chi connectivity index (χ2v) is 4.86. The maximum Gasteiger partial charge on any atom is 0.416 e. The Kier molecular flexibility index (Phi) is 4.77. The molecule has 0 aliphatic rings. The Bertz CT molecular complexity index is 384. The largest absolute Gasteiger partial charge is 0.416 e. The molecule has 0 bridgehead atoms. The van der Waals surface area contributed by atoms with Crippen molar-refractivity contribution in [1.29, 1.82) is 0 Å². The first-order chi connectivity index (χ1) is 7.80. The van der Waals surface area contributed by atoms with Crippen molar-refractivity contribution in [3.8, 4) is 0 Å². The Labute approximate surface area is 107 Å². The lowest BCUT2D eigenvalue weighted by molar-refractivity contribution is -0.137. The third-order valence-corrected chi connectivity index (χ3v) is 2.62. The third-order valence-electron chi connectivity index (χ3n) is 2.34. The molecule has 0 radical (unpaired) electrons. The third kappa shape index (κ3) is 4.52. The van der Waals surface area contributed by atoms with Crippen LogP contribution in [0.1, 0.15) is 24.1 Å². The van der Waals surface area contributed by atoms with Crippen LogP contribution in [0.4, 0.5) is 13.2 Å². The summed E-state index contributed by atoms with van der Waals surface area (Å²) in [7, 11) is 0. The molecule has 1 atom stereocenters. The van der Waals surface area contributed by atoms with Gasteiger partial charge in [-0.2, -0.15) is 13.2 Å². The summed E-state index contributed by atoms with van der Waals surface area (Å²) in [5.74, 6) is 0. The number of alkyl halides is 3. The van der Waals surface area contributed by atoms with Crippen molar-refractivity contribution < 1.29 is 13.2 Å². The van der Waals surface area contributed by atoms with Gasteiger partial charge in [0.1, 0.15) is 0 Å². The van der Waals surface area contributed by atoms with Gasteiger partial charge in [0.05, 0.1) is 5.56 Å². The molecule has 0 aromatic heterocycles. The maximum atomic E-state index is 12.3. The molecule has 1 aromatic rings. The number of rotatable bonds is 4. The van der Waals surface area contributed by atoms with Gasteiger partial charge in [-0.1, -0.05) is 34.6 Å². The summed E-state index contributed by atoms with van der Waals surface area (Å²) in [6.45, 7) is 6.13. The lowest BCUT2D eigenvalue weighted by Crippen LogP contribution is -2.19. The van der Waals surface area contributed by atoms with Crippen molar-refractivity contribution in [3.05, 3.63) is 46.5 Å². The Morgan fingerprint density at radius 3 is 2.29 bits per heavy atom. The zero-order chi connectivity index (χ0) is 13.1. The van der Waals surface area contributed by atoms with Crippen LogP contribution in [-0.4, -0.2) is 6.54 Å². The van der Waals surface area contributed by atoms with Crippen LogP contribution in [0.2, 0.25) is 0 Å². The van der Waals surface area contributed by atoms with Crippen molar-refractivity contribution in [2.24, 2.45) is 0 Å². The summed E-state index contributed by atoms with van der Waals surface area (Å²) in [6.07, 6.45) is -4.28. The fourth-order valence-corrected chi connectivity index (χ4v) is 1.50. The highest BCUT2D eigenvalue weighted by molar-refractivity contribution is 9.11. The number of nitrogens with one attached hydrogen (secondary N) is 1. The van der Waals surface area contributed by atoms with Gasteiger partial charge in [0, 0.05) is 17.1 Å². The van der Waals surface area contributed by atoms with E-state index in [0.717, 1.165) is 22.2 Å². The van der Waals surface area contributed by atoms with Crippen LogP contribution in [0.5, 0.6) is 0 Å². The van der Waals surface area contributed by atoms with Crippen LogP contribution >= 0.6 is 15.9 Å². The molecule has 5 heteroatoms. The SMILES string of the molecule is C=C(Br)CNC(C)c1ccc(C(F)(F)F)cc1. The van der Waals surface area contributed by atoms with E-state index in [4.69, 9.17) is 0 Å². The molecule has 94 valence electrons. The van der Waals surface area contributed by atoms with E-state index in [-0.39, 0.29) is 6.04 Å². The van der Waals surface area contributed by atoms with Gasteiger partial charge >= 0.3 is 6.18 Å². The molecule has 1 N–H and O–H groups in total. The van der Waals surface area contributed by atoms with E-state index in [9.17, 15) is 13.2 Å². The molecular weight excluding hydrogens is 295 g/mol. The van der Waals surface area contributed by atoms with Gasteiger partial charge in [0.25, 0.3) is 0 Å². The summed E-state index contributed by atoms with van der Waals surface area (Å²) in [6, 6.07) is 5.13. The molecule has 0 fully saturated rings. The minimum absolute atomic E-state index is 0.0217. The minimum atomic E-state index is -4.28. The summed E-state index contributed by atoms with van der Waals surface area (Å²) in [4.78, 5) is 0. The van der Waals surface area contributed by atoms with Crippen molar-refractivity contribution >= 4 is 15.9 Å². The van der Waals surface area contributed by atoms with Crippen LogP contribution in [0.3, 0.4) is 0 Å². The normalized spacial score (nSPS) is 13.5. The van der Waals surface area contributed by atoms with Crippen LogP contribution in [0.15, 0.2) is 35.3 Å². The highest BCUT2D eigenvalue weighted by atomic mass is 79.9. The number of hydrogen-bond donors (Lipinski definition) is 1. The maximum absolute atomic E-state index is 12.3. The average molecular weight is 308 g/mol. The molecule has 0 heterocycles. The predicted molar refractivity (Wildman–Crippen MR) is 65.9 cm³/mol. The summed E-state index contributed by atoms with van der Waals surface area (Å²) >= 11 is 3.21. The smallest absolute Gasteiger partial charge is 0.306 e. The lowest BCUT2D eigenvalue weighted by Gasteiger charge is -2.15. The van der Waals surface area contributed by atoms with Gasteiger partial charge in [-0.3, -0.25) is 0 Å². The standard InChI is InChI=1S/C12H13BrF3N/c1-8(13)7-17-9(2)10-3-5-11(6-4-10)12(14,15)16/h3-6,9,17H,1,7H2,2H3. The molecule has 1 nitrogen and oxygen atoms in total. The van der Waals surface area contributed by atoms with Crippen molar-refractivity contribution in [3.63, 3.8) is 0 Å². The van der Waals surface area contributed by atoms with Crippen molar-refractivity contribution in [1.82, 2.24) is 5.32 Å². The Morgan fingerprint density at radius 1 is 1.35 bits per heavy atom. The van der Waals surface area contributed by atoms with Gasteiger partial charge in [0.15, 0.2) is 0 Å². The monoisotopic (exact) mass is 307 g/mol. The average Bonchev–Trinajstić information content (AvgIpc) is 2.25. The molecule has 1 aromatic carbocycles. The molecule has 0 spiro atoms. The van der Waals surface area contributed by atoms with E-state index in [1.165, 1.54) is 12.1 Å². The Hall–Kier alpha value is -0.810. The zero-order valence-electron chi connectivity index (χ0n) is 9.31. The van der Waals surface area contributed by atoms with E-state index >= 15 is 0 Å². The number of hydrogen-bond acceptors (Lipinski definition) is 1. The van der Waals surface area contributed by atoms with Crippen molar-refractivity contribution in [2.45, 2.75) is 19.1 Å². The number of benzene rings is 1. The van der Waals surface area contributed by atoms with E-state index in [1.807, 2.05) is 6.92 Å². The minimum Gasteiger partial charge on any atom is -0.306 e. The van der Waals surface area contributed by atoms with E-state index < -0.39 is 11.7 Å². The highest BCUT2D eigenvalue weighted by Gasteiger charge is 2.30. The molecule has 0 saturated heterocycles. The van der Waals surface area contributed by atoms with E-state index in [1.54, 1.807) is 0 Å². The topological polar surface area (TPSA) is 12.0 Å². The highest BCUT2D eigenvalue weighted by Crippen LogP contribution is 2.29. The molecule has 1 unspecified atom stereocenters. The first-order valence-corrected chi connectivity index (χ1v) is 5.84. The van der Waals surface area contributed by atoms with Crippen LogP contribution in [0, 0.1) is 0 Å².